The number of piperazine rings is 2. The number of amides is 2. The van der Waals surface area contributed by atoms with Crippen LogP contribution >= 0.6 is 0 Å². The zero-order valence-electron chi connectivity index (χ0n) is 25.3. The van der Waals surface area contributed by atoms with Gasteiger partial charge in [0.2, 0.25) is 5.91 Å². The molecule has 0 bridgehead atoms. The minimum atomic E-state index is -0.625. The molecule has 1 aromatic heterocycles. The Morgan fingerprint density at radius 1 is 1.02 bits per heavy atom. The van der Waals surface area contributed by atoms with Crippen LogP contribution in [0.4, 0.5) is 23.0 Å². The van der Waals surface area contributed by atoms with Gasteiger partial charge in [-0.25, -0.2) is 9.97 Å². The van der Waals surface area contributed by atoms with Crippen molar-refractivity contribution in [1.82, 2.24) is 24.7 Å². The van der Waals surface area contributed by atoms with Gasteiger partial charge in [0, 0.05) is 82.4 Å². The number of aromatic nitrogens is 2. The van der Waals surface area contributed by atoms with Crippen molar-refractivity contribution in [2.75, 3.05) is 81.1 Å². The van der Waals surface area contributed by atoms with Crippen LogP contribution < -0.4 is 20.9 Å². The van der Waals surface area contributed by atoms with Crippen molar-refractivity contribution in [3.63, 3.8) is 0 Å². The lowest BCUT2D eigenvalue weighted by Crippen LogP contribution is -2.54. The number of nitrogens with one attached hydrogen (secondary N) is 1. The molecule has 42 heavy (non-hydrogen) atoms. The molecule has 11 heteroatoms. The standard InChI is InChI=1S/C31H45N9O2/c1-5-26-31(40-20-19-39(21-22(40)3)27(41)6-2)35-30(28(34-26)29(32)42)33-23-7-9-24(10-8-23)37-13-11-25(12-14-37)38-17-15-36(4)16-18-38/h6-10,22,25H,2,5,11-21H2,1,3-4H3,(H2,32,42)(H,33,35)/t22-/m0/s1. The first-order valence-corrected chi connectivity index (χ1v) is 15.2. The number of carbonyl (C=O) groups excluding carboxylic acids is 2. The molecule has 226 valence electrons. The van der Waals surface area contributed by atoms with E-state index in [0.717, 1.165) is 31.9 Å². The number of hydrogen-bond acceptors (Lipinski definition) is 9. The zero-order chi connectivity index (χ0) is 29.8. The van der Waals surface area contributed by atoms with Crippen LogP contribution in [0.1, 0.15) is 42.9 Å². The molecule has 0 radical (unpaired) electrons. The Hall–Kier alpha value is -3.70. The number of anilines is 4. The maximum absolute atomic E-state index is 12.4. The number of primary amides is 1. The summed E-state index contributed by atoms with van der Waals surface area (Å²) >= 11 is 0. The fraction of sp³-hybridized carbons (Fsp3) is 0.548. The lowest BCUT2D eigenvalue weighted by Gasteiger charge is -2.42. The summed E-state index contributed by atoms with van der Waals surface area (Å²) in [6.45, 7) is 16.1. The van der Waals surface area contributed by atoms with Crippen LogP contribution in [0.2, 0.25) is 0 Å². The second kappa shape index (κ2) is 13.1. The van der Waals surface area contributed by atoms with Gasteiger partial charge in [0.05, 0.1) is 5.69 Å². The predicted molar refractivity (Wildman–Crippen MR) is 168 cm³/mol. The molecule has 11 nitrogen and oxygen atoms in total. The molecular formula is C31H45N9O2. The Bertz CT molecular complexity index is 1270. The lowest BCUT2D eigenvalue weighted by atomic mass is 10.0. The number of hydrogen-bond donors (Lipinski definition) is 2. The van der Waals surface area contributed by atoms with Crippen molar-refractivity contribution in [3.8, 4) is 0 Å². The molecule has 0 spiro atoms. The van der Waals surface area contributed by atoms with Crippen LogP contribution in [0.5, 0.6) is 0 Å². The van der Waals surface area contributed by atoms with Gasteiger partial charge in [-0.05, 0) is 63.6 Å². The quantitative estimate of drug-likeness (QED) is 0.458. The molecule has 2 amide bonds. The normalized spacial score (nSPS) is 20.9. The molecule has 0 saturated carbocycles. The van der Waals surface area contributed by atoms with E-state index in [4.69, 9.17) is 10.7 Å². The Morgan fingerprint density at radius 3 is 2.31 bits per heavy atom. The van der Waals surface area contributed by atoms with E-state index in [0.29, 0.717) is 49.4 Å². The van der Waals surface area contributed by atoms with E-state index < -0.39 is 5.91 Å². The van der Waals surface area contributed by atoms with Crippen LogP contribution in [-0.4, -0.2) is 115 Å². The average molecular weight is 576 g/mol. The maximum atomic E-state index is 12.4. The summed E-state index contributed by atoms with van der Waals surface area (Å²) in [5.74, 6) is 0.355. The first-order chi connectivity index (χ1) is 20.3. The van der Waals surface area contributed by atoms with Gasteiger partial charge in [-0.15, -0.1) is 0 Å². The molecule has 0 unspecified atom stereocenters. The molecule has 3 fully saturated rings. The molecular weight excluding hydrogens is 530 g/mol. The molecule has 5 rings (SSSR count). The molecule has 3 saturated heterocycles. The Morgan fingerprint density at radius 2 is 1.71 bits per heavy atom. The Labute approximate surface area is 249 Å². The van der Waals surface area contributed by atoms with Gasteiger partial charge < -0.3 is 30.7 Å². The largest absolute Gasteiger partial charge is 0.371 e. The van der Waals surface area contributed by atoms with Crippen molar-refractivity contribution < 1.29 is 9.59 Å². The molecule has 3 N–H and O–H groups in total. The molecule has 2 aromatic rings. The van der Waals surface area contributed by atoms with Gasteiger partial charge >= 0.3 is 0 Å². The first kappa shape index (κ1) is 29.8. The highest BCUT2D eigenvalue weighted by atomic mass is 16.2. The Balaban J connectivity index is 1.28. The number of piperidine rings is 1. The van der Waals surface area contributed by atoms with Crippen molar-refractivity contribution in [3.05, 3.63) is 48.3 Å². The molecule has 4 heterocycles. The molecule has 1 atom stereocenters. The summed E-state index contributed by atoms with van der Waals surface area (Å²) in [4.78, 5) is 45.6. The van der Waals surface area contributed by atoms with E-state index in [1.807, 2.05) is 19.1 Å². The van der Waals surface area contributed by atoms with E-state index in [9.17, 15) is 9.59 Å². The fourth-order valence-electron chi connectivity index (χ4n) is 6.36. The summed E-state index contributed by atoms with van der Waals surface area (Å²) in [5.41, 5.74) is 8.59. The monoisotopic (exact) mass is 575 g/mol. The SMILES string of the molecule is C=CC(=O)N1CCN(c2nc(Nc3ccc(N4CCC(N5CCN(C)CC5)CC4)cc3)c(C(N)=O)nc2CC)[C@@H](C)C1. The summed E-state index contributed by atoms with van der Waals surface area (Å²) in [6.07, 6.45) is 4.32. The van der Waals surface area contributed by atoms with Crippen LogP contribution in [0.15, 0.2) is 36.9 Å². The highest BCUT2D eigenvalue weighted by Gasteiger charge is 2.30. The predicted octanol–water partition coefficient (Wildman–Crippen LogP) is 2.32. The third-order valence-electron chi connectivity index (χ3n) is 8.91. The van der Waals surface area contributed by atoms with Crippen molar-refractivity contribution in [2.24, 2.45) is 5.73 Å². The number of nitrogens with zero attached hydrogens (tertiary/aromatic N) is 7. The summed E-state index contributed by atoms with van der Waals surface area (Å²) < 4.78 is 0. The molecule has 3 aliphatic heterocycles. The first-order valence-electron chi connectivity index (χ1n) is 15.2. The zero-order valence-corrected chi connectivity index (χ0v) is 25.3. The molecule has 0 aliphatic carbocycles. The smallest absolute Gasteiger partial charge is 0.271 e. The maximum Gasteiger partial charge on any atom is 0.271 e. The van der Waals surface area contributed by atoms with E-state index in [-0.39, 0.29) is 17.6 Å². The van der Waals surface area contributed by atoms with Crippen LogP contribution in [0.25, 0.3) is 0 Å². The second-order valence-corrected chi connectivity index (χ2v) is 11.7. The van der Waals surface area contributed by atoms with Crippen molar-refractivity contribution >= 4 is 34.8 Å². The van der Waals surface area contributed by atoms with E-state index in [1.54, 1.807) is 4.90 Å². The number of likely N-dealkylation sites (N-methyl/N-ethyl adjacent to an activating group) is 1. The van der Waals surface area contributed by atoms with Gasteiger partial charge in [-0.3, -0.25) is 14.5 Å². The van der Waals surface area contributed by atoms with E-state index >= 15 is 0 Å². The average Bonchev–Trinajstić information content (AvgIpc) is 3.01. The Kier molecular flexibility index (Phi) is 9.27. The lowest BCUT2D eigenvalue weighted by molar-refractivity contribution is -0.126. The van der Waals surface area contributed by atoms with E-state index in [1.165, 1.54) is 37.7 Å². The number of aryl methyl sites for hydroxylation is 1. The van der Waals surface area contributed by atoms with Crippen LogP contribution in [0, 0.1) is 0 Å². The van der Waals surface area contributed by atoms with Gasteiger partial charge in [0.1, 0.15) is 0 Å². The van der Waals surface area contributed by atoms with Gasteiger partial charge in [0.25, 0.3) is 5.91 Å². The minimum absolute atomic E-state index is 0.0224. The third kappa shape index (κ3) is 6.52. The van der Waals surface area contributed by atoms with Crippen molar-refractivity contribution in [1.29, 1.82) is 0 Å². The third-order valence-corrected chi connectivity index (χ3v) is 8.91. The topological polar surface area (TPSA) is 114 Å². The van der Waals surface area contributed by atoms with Crippen LogP contribution in [-0.2, 0) is 11.2 Å². The molecule has 1 aromatic carbocycles. The van der Waals surface area contributed by atoms with Gasteiger partial charge in [0.15, 0.2) is 17.3 Å². The van der Waals surface area contributed by atoms with E-state index in [2.05, 4.69) is 62.6 Å². The second-order valence-electron chi connectivity index (χ2n) is 11.7. The summed E-state index contributed by atoms with van der Waals surface area (Å²) in [7, 11) is 2.20. The number of benzene rings is 1. The fourth-order valence-corrected chi connectivity index (χ4v) is 6.36. The number of carbonyl (C=O) groups is 2. The minimum Gasteiger partial charge on any atom is -0.371 e. The summed E-state index contributed by atoms with van der Waals surface area (Å²) in [6, 6.07) is 8.97. The van der Waals surface area contributed by atoms with Crippen molar-refractivity contribution in [2.45, 2.75) is 45.2 Å². The number of rotatable bonds is 8. The van der Waals surface area contributed by atoms with Gasteiger partial charge in [-0.1, -0.05) is 13.5 Å². The van der Waals surface area contributed by atoms with Crippen LogP contribution in [0.3, 0.4) is 0 Å². The summed E-state index contributed by atoms with van der Waals surface area (Å²) in [5, 5.41) is 3.31. The highest BCUT2D eigenvalue weighted by molar-refractivity contribution is 5.96. The number of nitrogens with two attached hydrogens (primary N) is 1. The van der Waals surface area contributed by atoms with Gasteiger partial charge in [-0.2, -0.15) is 0 Å². The molecule has 3 aliphatic rings. The highest BCUT2D eigenvalue weighted by Crippen LogP contribution is 2.29.